The third kappa shape index (κ3) is 5.17. The molecule has 0 saturated heterocycles. The van der Waals surface area contributed by atoms with Gasteiger partial charge in [-0.25, -0.2) is 4.98 Å². The first-order valence-corrected chi connectivity index (χ1v) is 10.6. The number of benzene rings is 2. The van der Waals surface area contributed by atoms with Gasteiger partial charge in [-0.3, -0.25) is 4.79 Å². The third-order valence-electron chi connectivity index (χ3n) is 5.25. The van der Waals surface area contributed by atoms with Crippen molar-refractivity contribution >= 4 is 22.6 Å². The van der Waals surface area contributed by atoms with E-state index in [0.717, 1.165) is 44.5 Å². The Bertz CT molecular complexity index is 1390. The van der Waals surface area contributed by atoms with Crippen molar-refractivity contribution in [2.45, 2.75) is 6.92 Å². The van der Waals surface area contributed by atoms with E-state index in [1.165, 1.54) is 0 Å². The summed E-state index contributed by atoms with van der Waals surface area (Å²) in [6, 6.07) is 17.8. The number of nitriles is 1. The Kier molecular flexibility index (Phi) is 6.34. The molecule has 4 rings (SSSR count). The Morgan fingerprint density at radius 1 is 1.15 bits per heavy atom. The molecule has 0 aliphatic rings. The summed E-state index contributed by atoms with van der Waals surface area (Å²) in [6.45, 7) is 2.70. The van der Waals surface area contributed by atoms with Gasteiger partial charge < -0.3 is 15.2 Å². The highest BCUT2D eigenvalue weighted by atomic mass is 16.1. The maximum Gasteiger partial charge on any atom is 0.248 e. The fraction of sp³-hybridized carbons (Fsp3) is 0.148. The van der Waals surface area contributed by atoms with Crippen LogP contribution in [-0.4, -0.2) is 41.4 Å². The molecule has 6 heteroatoms. The zero-order valence-electron chi connectivity index (χ0n) is 18.9. The van der Waals surface area contributed by atoms with Crippen LogP contribution < -0.4 is 5.32 Å². The van der Waals surface area contributed by atoms with Crippen LogP contribution in [0.15, 0.2) is 73.1 Å². The highest BCUT2D eigenvalue weighted by molar-refractivity contribution is 6.00. The molecule has 0 spiro atoms. The molecule has 4 aromatic rings. The largest absolute Gasteiger partial charge is 0.346 e. The third-order valence-corrected chi connectivity index (χ3v) is 5.25. The molecule has 0 aliphatic heterocycles. The molecule has 2 N–H and O–H groups in total. The molecule has 0 radical (unpaired) electrons. The van der Waals surface area contributed by atoms with Gasteiger partial charge in [0, 0.05) is 47.2 Å². The van der Waals surface area contributed by atoms with Crippen LogP contribution in [0.5, 0.6) is 0 Å². The number of nitrogens with zero attached hydrogens (tertiary/aromatic N) is 3. The number of nitrogens with one attached hydrogen (secondary N) is 2. The van der Waals surface area contributed by atoms with Gasteiger partial charge in [0.1, 0.15) is 5.65 Å². The number of fused-ring (bicyclic) bond motifs is 1. The summed E-state index contributed by atoms with van der Waals surface area (Å²) >= 11 is 0. The van der Waals surface area contributed by atoms with Gasteiger partial charge in [-0.1, -0.05) is 24.3 Å². The number of aromatic amines is 1. The Labute approximate surface area is 193 Å². The van der Waals surface area contributed by atoms with E-state index in [0.29, 0.717) is 12.1 Å². The van der Waals surface area contributed by atoms with Crippen LogP contribution in [-0.2, 0) is 4.79 Å². The number of carbonyl (C=O) groups excluding carboxylic acids is 1. The lowest BCUT2D eigenvalue weighted by Gasteiger charge is -2.09. The van der Waals surface area contributed by atoms with Crippen molar-refractivity contribution in [3.05, 3.63) is 84.2 Å². The first-order valence-electron chi connectivity index (χ1n) is 10.6. The van der Waals surface area contributed by atoms with Gasteiger partial charge in [-0.2, -0.15) is 5.26 Å². The molecule has 1 amide bonds. The van der Waals surface area contributed by atoms with Crippen molar-refractivity contribution in [1.82, 2.24) is 14.9 Å². The average molecular weight is 436 g/mol. The van der Waals surface area contributed by atoms with Gasteiger partial charge in [0.2, 0.25) is 5.91 Å². The molecule has 6 nitrogen and oxygen atoms in total. The van der Waals surface area contributed by atoms with Crippen molar-refractivity contribution in [1.29, 1.82) is 5.26 Å². The van der Waals surface area contributed by atoms with E-state index in [9.17, 15) is 10.1 Å². The molecule has 2 aromatic carbocycles. The van der Waals surface area contributed by atoms with Crippen molar-refractivity contribution in [2.75, 3.05) is 26.0 Å². The predicted molar refractivity (Wildman–Crippen MR) is 133 cm³/mol. The lowest BCUT2D eigenvalue weighted by molar-refractivity contribution is -0.111. The van der Waals surface area contributed by atoms with E-state index in [4.69, 9.17) is 0 Å². The van der Waals surface area contributed by atoms with Crippen molar-refractivity contribution < 1.29 is 4.79 Å². The monoisotopic (exact) mass is 435 g/mol. The second-order valence-corrected chi connectivity index (χ2v) is 8.26. The quantitative estimate of drug-likeness (QED) is 0.411. The van der Waals surface area contributed by atoms with Gasteiger partial charge in [0.05, 0.1) is 11.6 Å². The van der Waals surface area contributed by atoms with Crippen LogP contribution in [0.4, 0.5) is 5.69 Å². The number of rotatable bonds is 6. The normalized spacial score (nSPS) is 11.2. The second-order valence-electron chi connectivity index (χ2n) is 8.26. The van der Waals surface area contributed by atoms with E-state index >= 15 is 0 Å². The Morgan fingerprint density at radius 3 is 2.79 bits per heavy atom. The average Bonchev–Trinajstić information content (AvgIpc) is 3.21. The first kappa shape index (κ1) is 22.0. The number of aromatic nitrogens is 2. The SMILES string of the molecule is Cc1cc(NC(=O)/C=C/CN(C)C)cc(-c2cnc3[nH]cc(-c4cccc(C#N)c4)c3c2)c1. The molecule has 0 atom stereocenters. The van der Waals surface area contributed by atoms with Crippen LogP contribution in [0.3, 0.4) is 0 Å². The molecular formula is C27H25N5O. The van der Waals surface area contributed by atoms with Crippen LogP contribution in [0.1, 0.15) is 11.1 Å². The number of pyridine rings is 1. The highest BCUT2D eigenvalue weighted by Crippen LogP contribution is 2.32. The van der Waals surface area contributed by atoms with Gasteiger partial charge >= 0.3 is 0 Å². The van der Waals surface area contributed by atoms with Gasteiger partial charge in [-0.05, 0) is 68.0 Å². The molecule has 0 aliphatic carbocycles. The molecule has 2 heterocycles. The van der Waals surface area contributed by atoms with E-state index in [2.05, 4.69) is 33.5 Å². The summed E-state index contributed by atoms with van der Waals surface area (Å²) in [5.41, 5.74) is 7.03. The number of amides is 1. The lowest BCUT2D eigenvalue weighted by Crippen LogP contribution is -2.13. The van der Waals surface area contributed by atoms with Crippen LogP contribution >= 0.6 is 0 Å². The smallest absolute Gasteiger partial charge is 0.248 e. The van der Waals surface area contributed by atoms with E-state index < -0.39 is 0 Å². The molecule has 0 saturated carbocycles. The molecule has 0 unspecified atom stereocenters. The van der Waals surface area contributed by atoms with E-state index in [-0.39, 0.29) is 5.91 Å². The molecule has 0 bridgehead atoms. The number of likely N-dealkylation sites (N-methyl/N-ethyl adjacent to an activating group) is 1. The Balaban J connectivity index is 1.67. The maximum atomic E-state index is 12.3. The zero-order chi connectivity index (χ0) is 23.4. The van der Waals surface area contributed by atoms with Gasteiger partial charge in [-0.15, -0.1) is 0 Å². The fourth-order valence-electron chi connectivity index (χ4n) is 3.73. The van der Waals surface area contributed by atoms with Crippen molar-refractivity contribution in [3.8, 4) is 28.3 Å². The molecular weight excluding hydrogens is 410 g/mol. The molecule has 2 aromatic heterocycles. The Hall–Kier alpha value is -4.21. The zero-order valence-corrected chi connectivity index (χ0v) is 18.9. The summed E-state index contributed by atoms with van der Waals surface area (Å²) < 4.78 is 0. The van der Waals surface area contributed by atoms with Crippen molar-refractivity contribution in [2.24, 2.45) is 0 Å². The van der Waals surface area contributed by atoms with Gasteiger partial charge in [0.15, 0.2) is 0 Å². The first-order chi connectivity index (χ1) is 15.9. The molecule has 164 valence electrons. The highest BCUT2D eigenvalue weighted by Gasteiger charge is 2.11. The summed E-state index contributed by atoms with van der Waals surface area (Å²) in [5, 5.41) is 13.2. The topological polar surface area (TPSA) is 84.8 Å². The minimum atomic E-state index is -0.160. The lowest BCUT2D eigenvalue weighted by atomic mass is 10.00. The molecule has 33 heavy (non-hydrogen) atoms. The summed E-state index contributed by atoms with van der Waals surface area (Å²) in [5.74, 6) is -0.160. The van der Waals surface area contributed by atoms with Crippen LogP contribution in [0.2, 0.25) is 0 Å². The van der Waals surface area contributed by atoms with E-state index in [1.54, 1.807) is 12.1 Å². The second kappa shape index (κ2) is 9.51. The maximum absolute atomic E-state index is 12.3. The number of H-pyrrole nitrogens is 1. The van der Waals surface area contributed by atoms with Crippen molar-refractivity contribution in [3.63, 3.8) is 0 Å². The van der Waals surface area contributed by atoms with Crippen LogP contribution in [0, 0.1) is 18.3 Å². The van der Waals surface area contributed by atoms with E-state index in [1.807, 2.05) is 74.7 Å². The number of hydrogen-bond donors (Lipinski definition) is 2. The number of aryl methyl sites for hydroxylation is 1. The standard InChI is InChI=1S/C27H25N5O/c1-18-10-21(13-23(11-18)31-26(33)8-5-9-32(2)3)22-14-24-25(17-30-27(24)29-16-22)20-7-4-6-19(12-20)15-28/h4-8,10-14,16-17H,9H2,1-3H3,(H,29,30)(H,31,33)/b8-5+. The molecule has 0 fully saturated rings. The summed E-state index contributed by atoms with van der Waals surface area (Å²) in [4.78, 5) is 22.1. The van der Waals surface area contributed by atoms with Crippen LogP contribution in [0.25, 0.3) is 33.3 Å². The number of carbonyl (C=O) groups is 1. The summed E-state index contributed by atoms with van der Waals surface area (Å²) in [7, 11) is 3.91. The summed E-state index contributed by atoms with van der Waals surface area (Å²) in [6.07, 6.45) is 7.13. The number of anilines is 1. The van der Waals surface area contributed by atoms with Gasteiger partial charge in [0.25, 0.3) is 0 Å². The minimum Gasteiger partial charge on any atom is -0.346 e. The Morgan fingerprint density at radius 2 is 2.00 bits per heavy atom. The fourth-order valence-corrected chi connectivity index (χ4v) is 3.73. The number of hydrogen-bond acceptors (Lipinski definition) is 4. The predicted octanol–water partition coefficient (Wildman–Crippen LogP) is 5.13. The minimum absolute atomic E-state index is 0.160.